The smallest absolute Gasteiger partial charge is 0.150 e. The fourth-order valence-corrected chi connectivity index (χ4v) is 3.62. The van der Waals surface area contributed by atoms with Crippen molar-refractivity contribution >= 4 is 58.2 Å². The summed E-state index contributed by atoms with van der Waals surface area (Å²) in [7, 11) is 0. The normalized spacial score (nSPS) is 11.2. The van der Waals surface area contributed by atoms with Gasteiger partial charge in [0, 0.05) is 26.2 Å². The van der Waals surface area contributed by atoms with Crippen LogP contribution in [0.15, 0.2) is 23.4 Å². The lowest BCUT2D eigenvalue weighted by Crippen LogP contribution is -1.84. The van der Waals surface area contributed by atoms with Crippen molar-refractivity contribution in [2.24, 2.45) is 0 Å². The number of pyridine rings is 1. The maximum absolute atomic E-state index is 4.44. The molecule has 2 aromatic heterocycles. The van der Waals surface area contributed by atoms with E-state index in [4.69, 9.17) is 0 Å². The molecule has 0 unspecified atom stereocenters. The Bertz CT molecular complexity index is 496. The lowest BCUT2D eigenvalue weighted by Gasteiger charge is -2.01. The van der Waals surface area contributed by atoms with Crippen LogP contribution in [0.25, 0.3) is 11.0 Å². The molecule has 0 amide bonds. The summed E-state index contributed by atoms with van der Waals surface area (Å²) in [6.07, 6.45) is 6.42. The van der Waals surface area contributed by atoms with Crippen LogP contribution in [0, 0.1) is 3.57 Å². The number of halogens is 1. The molecule has 0 atom stereocenters. The SMILES string of the molecule is CCCCSc1cnc2c(c1)c(I)cn2S. The molecule has 0 radical (unpaired) electrons. The standard InChI is InChI=1S/C11H13IN2S2/c1-2-3-4-16-8-5-9-10(12)7-14(15)11(9)13-6-8/h5-7,15H,2-4H2,1H3. The summed E-state index contributed by atoms with van der Waals surface area (Å²) in [5, 5.41) is 1.19. The molecule has 0 saturated carbocycles. The molecule has 0 aromatic carbocycles. The van der Waals surface area contributed by atoms with E-state index in [2.05, 4.69) is 53.4 Å². The zero-order chi connectivity index (χ0) is 11.5. The van der Waals surface area contributed by atoms with Crippen molar-refractivity contribution in [2.75, 3.05) is 5.75 Å². The number of aromatic nitrogens is 2. The minimum absolute atomic E-state index is 0.938. The largest absolute Gasteiger partial charge is 0.277 e. The van der Waals surface area contributed by atoms with Gasteiger partial charge in [-0.2, -0.15) is 0 Å². The second kappa shape index (κ2) is 5.64. The molecule has 2 heterocycles. The highest BCUT2D eigenvalue weighted by Crippen LogP contribution is 2.27. The van der Waals surface area contributed by atoms with Gasteiger partial charge in [0.1, 0.15) is 0 Å². The van der Waals surface area contributed by atoms with E-state index in [9.17, 15) is 0 Å². The third-order valence-electron chi connectivity index (χ3n) is 2.32. The number of hydrogen-bond acceptors (Lipinski definition) is 3. The van der Waals surface area contributed by atoms with E-state index in [1.54, 1.807) is 3.97 Å². The van der Waals surface area contributed by atoms with Crippen LogP contribution in [0.5, 0.6) is 0 Å². The summed E-state index contributed by atoms with van der Waals surface area (Å²) in [6.45, 7) is 2.21. The molecule has 2 nitrogen and oxygen atoms in total. The van der Waals surface area contributed by atoms with Crippen molar-refractivity contribution in [1.29, 1.82) is 0 Å². The van der Waals surface area contributed by atoms with Crippen LogP contribution < -0.4 is 0 Å². The second-order valence-electron chi connectivity index (χ2n) is 3.57. The van der Waals surface area contributed by atoms with Crippen molar-refractivity contribution in [2.45, 2.75) is 24.7 Å². The number of thioether (sulfide) groups is 1. The van der Waals surface area contributed by atoms with Crippen LogP contribution in [0.1, 0.15) is 19.8 Å². The van der Waals surface area contributed by atoms with Crippen molar-refractivity contribution in [1.82, 2.24) is 8.96 Å². The van der Waals surface area contributed by atoms with Gasteiger partial charge in [0.15, 0.2) is 5.65 Å². The zero-order valence-corrected chi connectivity index (χ0v) is 12.8. The monoisotopic (exact) mass is 364 g/mol. The Morgan fingerprint density at radius 2 is 2.38 bits per heavy atom. The molecule has 2 rings (SSSR count). The van der Waals surface area contributed by atoms with Crippen LogP contribution in [-0.4, -0.2) is 14.7 Å². The van der Waals surface area contributed by atoms with E-state index in [1.807, 2.05) is 24.2 Å². The van der Waals surface area contributed by atoms with Gasteiger partial charge >= 0.3 is 0 Å². The van der Waals surface area contributed by atoms with Crippen molar-refractivity contribution < 1.29 is 0 Å². The van der Waals surface area contributed by atoms with Gasteiger partial charge in [-0.1, -0.05) is 26.2 Å². The topological polar surface area (TPSA) is 17.8 Å². The predicted octanol–water partition coefficient (Wildman–Crippen LogP) is 4.23. The highest BCUT2D eigenvalue weighted by atomic mass is 127. The summed E-state index contributed by atoms with van der Waals surface area (Å²) >= 11 is 8.53. The Hall–Kier alpha value is 0.120. The molecule has 0 aliphatic heterocycles. The molecule has 0 fully saturated rings. The first-order valence-electron chi connectivity index (χ1n) is 5.21. The summed E-state index contributed by atoms with van der Waals surface area (Å²) in [4.78, 5) is 5.69. The average Bonchev–Trinajstić information content (AvgIpc) is 2.55. The van der Waals surface area contributed by atoms with Crippen molar-refractivity contribution in [3.63, 3.8) is 0 Å². The third-order valence-corrected chi connectivity index (χ3v) is 4.53. The van der Waals surface area contributed by atoms with Crippen LogP contribution in [0.2, 0.25) is 0 Å². The lowest BCUT2D eigenvalue weighted by atomic mass is 10.3. The molecule has 86 valence electrons. The van der Waals surface area contributed by atoms with Gasteiger partial charge in [-0.3, -0.25) is 3.97 Å². The molecular weight excluding hydrogens is 351 g/mol. The number of unbranched alkanes of at least 4 members (excludes halogenated alkanes) is 1. The van der Waals surface area contributed by atoms with Crippen LogP contribution in [0.4, 0.5) is 0 Å². The Labute approximate surface area is 119 Å². The van der Waals surface area contributed by atoms with Crippen molar-refractivity contribution in [3.8, 4) is 0 Å². The summed E-state index contributed by atoms with van der Waals surface area (Å²) < 4.78 is 2.98. The van der Waals surface area contributed by atoms with Gasteiger partial charge in [0.05, 0.1) is 0 Å². The number of thiol groups is 1. The first-order chi connectivity index (χ1) is 7.72. The Morgan fingerprint density at radius 3 is 3.12 bits per heavy atom. The molecule has 0 saturated heterocycles. The van der Waals surface area contributed by atoms with E-state index in [0.717, 1.165) is 5.65 Å². The molecule has 16 heavy (non-hydrogen) atoms. The molecule has 0 bridgehead atoms. The first kappa shape index (κ1) is 12.6. The number of rotatable bonds is 4. The summed E-state index contributed by atoms with van der Waals surface area (Å²) in [6, 6.07) is 2.21. The lowest BCUT2D eigenvalue weighted by molar-refractivity contribution is 0.896. The van der Waals surface area contributed by atoms with Crippen LogP contribution >= 0.6 is 47.2 Å². The molecule has 5 heteroatoms. The second-order valence-corrected chi connectivity index (χ2v) is 6.33. The summed E-state index contributed by atoms with van der Waals surface area (Å²) in [5.41, 5.74) is 0.938. The van der Waals surface area contributed by atoms with E-state index in [-0.39, 0.29) is 0 Å². The third kappa shape index (κ3) is 2.68. The van der Waals surface area contributed by atoms with Gasteiger partial charge in [0.2, 0.25) is 0 Å². The fourth-order valence-electron chi connectivity index (χ4n) is 1.45. The Kier molecular flexibility index (Phi) is 4.43. The predicted molar refractivity (Wildman–Crippen MR) is 82.5 cm³/mol. The molecular formula is C11H13IN2S2. The maximum atomic E-state index is 4.44. The minimum atomic E-state index is 0.938. The van der Waals surface area contributed by atoms with Gasteiger partial charge in [-0.25, -0.2) is 4.98 Å². The Morgan fingerprint density at radius 1 is 1.56 bits per heavy atom. The van der Waals surface area contributed by atoms with Gasteiger partial charge in [-0.15, -0.1) is 11.8 Å². The zero-order valence-electron chi connectivity index (χ0n) is 8.98. The van der Waals surface area contributed by atoms with Crippen LogP contribution in [-0.2, 0) is 0 Å². The number of hydrogen-bond donors (Lipinski definition) is 1. The highest BCUT2D eigenvalue weighted by molar-refractivity contribution is 14.1. The average molecular weight is 364 g/mol. The first-order valence-corrected chi connectivity index (χ1v) is 7.67. The number of nitrogens with zero attached hydrogens (tertiary/aromatic N) is 2. The minimum Gasteiger partial charge on any atom is -0.277 e. The van der Waals surface area contributed by atoms with Gasteiger partial charge < -0.3 is 0 Å². The van der Waals surface area contributed by atoms with Crippen molar-refractivity contribution in [3.05, 3.63) is 22.0 Å². The van der Waals surface area contributed by atoms with E-state index in [0.29, 0.717) is 0 Å². The molecule has 2 aromatic rings. The van der Waals surface area contributed by atoms with Gasteiger partial charge in [-0.05, 0) is 40.8 Å². The maximum Gasteiger partial charge on any atom is 0.150 e. The number of fused-ring (bicyclic) bond motifs is 1. The van der Waals surface area contributed by atoms with E-state index >= 15 is 0 Å². The quantitative estimate of drug-likeness (QED) is 0.379. The highest BCUT2D eigenvalue weighted by Gasteiger charge is 2.06. The molecule has 0 aliphatic carbocycles. The molecule has 0 aliphatic rings. The molecule has 0 spiro atoms. The summed E-state index contributed by atoms with van der Waals surface area (Å²) in [5.74, 6) is 1.17. The van der Waals surface area contributed by atoms with E-state index in [1.165, 1.54) is 32.4 Å². The fraction of sp³-hybridized carbons (Fsp3) is 0.364. The van der Waals surface area contributed by atoms with Gasteiger partial charge in [0.25, 0.3) is 0 Å². The van der Waals surface area contributed by atoms with Crippen LogP contribution in [0.3, 0.4) is 0 Å². The molecule has 0 N–H and O–H groups in total. The Balaban J connectivity index is 2.25. The van der Waals surface area contributed by atoms with E-state index < -0.39 is 0 Å².